The fourth-order valence-electron chi connectivity index (χ4n) is 4.56. The van der Waals surface area contributed by atoms with E-state index in [1.165, 1.54) is 12.2 Å². The van der Waals surface area contributed by atoms with Crippen LogP contribution in [0.15, 0.2) is 103 Å². The van der Waals surface area contributed by atoms with Gasteiger partial charge < -0.3 is 9.42 Å². The van der Waals surface area contributed by atoms with Crippen LogP contribution in [0.1, 0.15) is 62.9 Å². The highest BCUT2D eigenvalue weighted by Gasteiger charge is 2.43. The third-order valence-corrected chi connectivity index (χ3v) is 9.52. The second kappa shape index (κ2) is 16.2. The van der Waals surface area contributed by atoms with Crippen LogP contribution in [0.2, 0.25) is 0 Å². The van der Waals surface area contributed by atoms with Gasteiger partial charge in [-0.3, -0.25) is 14.3 Å². The molecule has 1 aromatic carbocycles. The molecule has 0 heterocycles. The Morgan fingerprint density at radius 2 is 2.00 bits per heavy atom. The fourth-order valence-corrected chi connectivity index (χ4v) is 7.49. The molecule has 0 radical (unpaired) electrons. The summed E-state index contributed by atoms with van der Waals surface area (Å²) in [4.78, 5) is 17.8. The van der Waals surface area contributed by atoms with Crippen LogP contribution in [0.5, 0.6) is 0 Å². The molecule has 7 heteroatoms. The number of halogens is 1. The van der Waals surface area contributed by atoms with Crippen molar-refractivity contribution in [3.8, 4) is 0 Å². The minimum absolute atomic E-state index is 0.278. The van der Waals surface area contributed by atoms with Crippen molar-refractivity contribution in [2.45, 2.75) is 59.7 Å². The molecule has 2 atom stereocenters. The van der Waals surface area contributed by atoms with Gasteiger partial charge in [0.25, 0.3) is 5.91 Å². The predicted octanol–water partition coefficient (Wildman–Crippen LogP) is 9.23. The molecule has 1 aliphatic rings. The normalized spacial score (nSPS) is 16.1. The third-order valence-electron chi connectivity index (χ3n) is 6.45. The summed E-state index contributed by atoms with van der Waals surface area (Å²) >= 11 is 0. The molecule has 0 saturated carbocycles. The van der Waals surface area contributed by atoms with Crippen molar-refractivity contribution in [1.29, 1.82) is 0 Å². The van der Waals surface area contributed by atoms with Gasteiger partial charge in [-0.15, -0.1) is 0 Å². The highest BCUT2D eigenvalue weighted by Crippen LogP contribution is 2.57. The Morgan fingerprint density at radius 3 is 2.65 bits per heavy atom. The Kier molecular flexibility index (Phi) is 13.3. The van der Waals surface area contributed by atoms with Crippen LogP contribution in [0.4, 0.5) is 10.1 Å². The van der Waals surface area contributed by atoms with Crippen LogP contribution in [0.25, 0.3) is 0 Å². The van der Waals surface area contributed by atoms with Gasteiger partial charge in [0.05, 0.1) is 6.61 Å². The molecule has 0 bridgehead atoms. The van der Waals surface area contributed by atoms with Crippen molar-refractivity contribution in [1.82, 2.24) is 4.90 Å². The maximum absolute atomic E-state index is 14.5. The van der Waals surface area contributed by atoms with Gasteiger partial charge in [-0.1, -0.05) is 62.1 Å². The molecular formula is C33H44FN2O3P. The first kappa shape index (κ1) is 33.0. The lowest BCUT2D eigenvalue weighted by Gasteiger charge is -2.38. The number of anilines is 1. The van der Waals surface area contributed by atoms with Crippen molar-refractivity contribution in [3.63, 3.8) is 0 Å². The Hall–Kier alpha value is -3.21. The quantitative estimate of drug-likeness (QED) is 0.166. The van der Waals surface area contributed by atoms with Gasteiger partial charge in [-0.25, -0.2) is 4.39 Å². The maximum atomic E-state index is 14.5. The predicted molar refractivity (Wildman–Crippen MR) is 167 cm³/mol. The topological polar surface area (TPSA) is 49.9 Å². The van der Waals surface area contributed by atoms with Gasteiger partial charge in [0.1, 0.15) is 11.6 Å². The van der Waals surface area contributed by atoms with Crippen LogP contribution in [-0.2, 0) is 9.09 Å². The molecule has 1 aliphatic carbocycles. The number of nitrogens with zero attached hydrogens (tertiary/aromatic N) is 2. The van der Waals surface area contributed by atoms with E-state index in [2.05, 4.69) is 6.58 Å². The minimum Gasteiger partial charge on any atom is -0.351 e. The lowest BCUT2D eigenvalue weighted by atomic mass is 10.0. The average molecular weight is 567 g/mol. The number of amides is 1. The molecule has 40 heavy (non-hydrogen) atoms. The summed E-state index contributed by atoms with van der Waals surface area (Å²) in [6, 6.07) is 5.66. The van der Waals surface area contributed by atoms with Crippen molar-refractivity contribution >= 4 is 19.0 Å². The second-order valence-electron chi connectivity index (χ2n) is 9.73. The smallest absolute Gasteiger partial charge is 0.259 e. The molecule has 0 spiro atoms. The number of hydrogen-bond acceptors (Lipinski definition) is 4. The number of rotatable bonds is 14. The average Bonchev–Trinajstić information content (AvgIpc) is 3.19. The molecule has 5 nitrogen and oxygen atoms in total. The van der Waals surface area contributed by atoms with E-state index in [1.807, 2.05) is 93.6 Å². The SMILES string of the molecule is C=C(C)N(C(=O)c1cc(N(C)/C=C/CC=C(F)/C=C\C)ccc1C)C(C1=CC=CC=CC1)P(=O)(CCC)OCC. The van der Waals surface area contributed by atoms with E-state index in [-0.39, 0.29) is 18.3 Å². The second-order valence-corrected chi connectivity index (χ2v) is 12.4. The first-order valence-electron chi connectivity index (χ1n) is 13.8. The highest BCUT2D eigenvalue weighted by molar-refractivity contribution is 7.60. The molecule has 0 aromatic heterocycles. The summed E-state index contributed by atoms with van der Waals surface area (Å²) in [6.07, 6.45) is 20.0. The van der Waals surface area contributed by atoms with Gasteiger partial charge in [0.2, 0.25) is 7.37 Å². The van der Waals surface area contributed by atoms with E-state index in [0.717, 1.165) is 16.8 Å². The standard InChI is InChI=1S/C33H44FN2O3P/c1-8-17-29(34)20-15-16-23-35(7)30-22-21-27(6)31(25-30)32(37)36(26(4)5)33(28-18-13-11-12-14-19-28)40(38,24-9-2)39-10-3/h8,11-14,16-18,20-23,25,33H,4,9-10,15,19,24H2,1-3,5-7H3/b17-8-,23-16+,29-20?. The number of hydrogen-bond donors (Lipinski definition) is 0. The van der Waals surface area contributed by atoms with Crippen molar-refractivity contribution < 1.29 is 18.3 Å². The molecule has 0 saturated heterocycles. The zero-order chi connectivity index (χ0) is 29.7. The number of benzene rings is 1. The summed E-state index contributed by atoms with van der Waals surface area (Å²) in [6.45, 7) is 13.6. The minimum atomic E-state index is -3.33. The summed E-state index contributed by atoms with van der Waals surface area (Å²) in [7, 11) is -1.46. The van der Waals surface area contributed by atoms with Crippen LogP contribution >= 0.6 is 7.37 Å². The summed E-state index contributed by atoms with van der Waals surface area (Å²) in [5.41, 5.74) is 3.42. The van der Waals surface area contributed by atoms with E-state index in [4.69, 9.17) is 4.52 Å². The summed E-state index contributed by atoms with van der Waals surface area (Å²) in [5.74, 6) is -1.33. The summed E-state index contributed by atoms with van der Waals surface area (Å²) in [5, 5.41) is 0. The van der Waals surface area contributed by atoms with Gasteiger partial charge in [0.15, 0.2) is 0 Å². The van der Waals surface area contributed by atoms with Crippen molar-refractivity contribution in [2.24, 2.45) is 0 Å². The molecule has 2 unspecified atom stereocenters. The lowest BCUT2D eigenvalue weighted by molar-refractivity contribution is 0.0791. The van der Waals surface area contributed by atoms with Crippen molar-refractivity contribution in [3.05, 3.63) is 114 Å². The van der Waals surface area contributed by atoms with Crippen molar-refractivity contribution in [2.75, 3.05) is 24.7 Å². The van der Waals surface area contributed by atoms with E-state index >= 15 is 0 Å². The first-order chi connectivity index (χ1) is 19.1. The fraction of sp³-hybridized carbons (Fsp3) is 0.364. The lowest BCUT2D eigenvalue weighted by Crippen LogP contribution is -2.41. The Labute approximate surface area is 240 Å². The van der Waals surface area contributed by atoms with Crippen LogP contribution in [0, 0.1) is 6.92 Å². The van der Waals surface area contributed by atoms with E-state index in [0.29, 0.717) is 36.7 Å². The molecule has 0 aliphatic heterocycles. The Morgan fingerprint density at radius 1 is 1.25 bits per heavy atom. The van der Waals surface area contributed by atoms with Gasteiger partial charge >= 0.3 is 0 Å². The zero-order valence-electron chi connectivity index (χ0n) is 24.8. The molecule has 2 rings (SSSR count). The van der Waals surface area contributed by atoms with Crippen LogP contribution in [0.3, 0.4) is 0 Å². The maximum Gasteiger partial charge on any atom is 0.259 e. The Balaban J connectivity index is 2.54. The zero-order valence-corrected chi connectivity index (χ0v) is 25.7. The first-order valence-corrected chi connectivity index (χ1v) is 15.7. The van der Waals surface area contributed by atoms with Gasteiger partial charge in [-0.05, 0) is 82.4 Å². The number of carbonyl (C=O) groups is 1. The number of aryl methyl sites for hydroxylation is 1. The third kappa shape index (κ3) is 8.90. The highest BCUT2D eigenvalue weighted by atomic mass is 31.2. The van der Waals surface area contributed by atoms with E-state index in [9.17, 15) is 13.8 Å². The van der Waals surface area contributed by atoms with E-state index in [1.54, 1.807) is 24.8 Å². The molecule has 216 valence electrons. The largest absolute Gasteiger partial charge is 0.351 e. The Bertz CT molecular complexity index is 1260. The van der Waals surface area contributed by atoms with E-state index < -0.39 is 13.2 Å². The van der Waals surface area contributed by atoms with Gasteiger partial charge in [-0.2, -0.15) is 0 Å². The molecule has 1 aromatic rings. The molecule has 1 amide bonds. The monoisotopic (exact) mass is 566 g/mol. The molecule has 0 N–H and O–H groups in total. The molecular weight excluding hydrogens is 522 g/mol. The number of carbonyl (C=O) groups excluding carboxylic acids is 1. The van der Waals surface area contributed by atoms with Crippen LogP contribution < -0.4 is 4.90 Å². The molecule has 0 fully saturated rings. The van der Waals surface area contributed by atoms with Crippen LogP contribution in [-0.4, -0.2) is 36.4 Å². The van der Waals surface area contributed by atoms with Gasteiger partial charge in [0, 0.05) is 36.4 Å². The number of allylic oxidation sites excluding steroid dienone is 11. The summed E-state index contributed by atoms with van der Waals surface area (Å²) < 4.78 is 34.1.